The fourth-order valence-electron chi connectivity index (χ4n) is 3.45. The zero-order chi connectivity index (χ0) is 16.6. The lowest BCUT2D eigenvalue weighted by Crippen LogP contribution is -2.43. The summed E-state index contributed by atoms with van der Waals surface area (Å²) in [5, 5.41) is 0.964. The number of piperidine rings is 1. The summed E-state index contributed by atoms with van der Waals surface area (Å²) in [4.78, 5) is 28.6. The van der Waals surface area contributed by atoms with Gasteiger partial charge in [-0.3, -0.25) is 9.59 Å². The number of carbonyl (C=O) groups is 2. The predicted octanol–water partition coefficient (Wildman–Crippen LogP) is 3.60. The number of amides is 2. The van der Waals surface area contributed by atoms with E-state index in [0.717, 1.165) is 19.5 Å². The molecular weight excluding hydrogens is 335 g/mol. The summed E-state index contributed by atoms with van der Waals surface area (Å²) in [6.45, 7) is 4.16. The Morgan fingerprint density at radius 2 is 2.04 bits per heavy atom. The van der Waals surface area contributed by atoms with Crippen LogP contribution < -0.4 is 4.90 Å². The number of nitrogens with zero attached hydrogens (tertiary/aromatic N) is 2. The van der Waals surface area contributed by atoms with Crippen LogP contribution in [0.3, 0.4) is 0 Å². The van der Waals surface area contributed by atoms with Gasteiger partial charge in [-0.2, -0.15) is 0 Å². The molecule has 2 saturated heterocycles. The molecule has 2 unspecified atom stereocenters. The van der Waals surface area contributed by atoms with Crippen molar-refractivity contribution in [1.82, 2.24) is 4.90 Å². The molecule has 0 aromatic heterocycles. The van der Waals surface area contributed by atoms with E-state index in [1.165, 1.54) is 6.42 Å². The summed E-state index contributed by atoms with van der Waals surface area (Å²) in [6, 6.07) is 5.06. The van der Waals surface area contributed by atoms with Gasteiger partial charge in [0.05, 0.1) is 16.6 Å². The van der Waals surface area contributed by atoms with Crippen LogP contribution in [-0.4, -0.2) is 36.3 Å². The van der Waals surface area contributed by atoms with Crippen molar-refractivity contribution in [3.8, 4) is 0 Å². The average Bonchev–Trinajstić information content (AvgIpc) is 2.88. The van der Waals surface area contributed by atoms with Gasteiger partial charge in [-0.25, -0.2) is 0 Å². The minimum Gasteiger partial charge on any atom is -0.342 e. The first-order chi connectivity index (χ1) is 11.0. The summed E-state index contributed by atoms with van der Waals surface area (Å²) in [6.07, 6.45) is 2.46. The van der Waals surface area contributed by atoms with E-state index in [9.17, 15) is 9.59 Å². The van der Waals surface area contributed by atoms with Gasteiger partial charge in [-0.05, 0) is 37.0 Å². The van der Waals surface area contributed by atoms with Crippen LogP contribution in [0, 0.1) is 11.8 Å². The Balaban J connectivity index is 1.73. The highest BCUT2D eigenvalue weighted by molar-refractivity contribution is 6.36. The maximum absolute atomic E-state index is 12.7. The number of anilines is 1. The van der Waals surface area contributed by atoms with E-state index in [1.54, 1.807) is 23.1 Å². The Hall–Kier alpha value is -1.26. The molecule has 1 aromatic rings. The third-order valence-electron chi connectivity index (χ3n) is 4.64. The van der Waals surface area contributed by atoms with Crippen LogP contribution in [0.25, 0.3) is 0 Å². The van der Waals surface area contributed by atoms with Crippen LogP contribution in [0.15, 0.2) is 18.2 Å². The average molecular weight is 355 g/mol. The molecule has 0 aliphatic carbocycles. The van der Waals surface area contributed by atoms with Gasteiger partial charge < -0.3 is 9.80 Å². The van der Waals surface area contributed by atoms with Gasteiger partial charge in [0, 0.05) is 31.1 Å². The standard InChI is InChI=1S/C17H20Cl2N2O2/c1-11-3-2-6-20(9-11)17(23)12-7-16(22)21(10-12)15-5-4-13(18)8-14(15)19/h4-5,8,11-12H,2-3,6-7,9-10H2,1H3. The molecule has 2 aliphatic rings. The van der Waals surface area contributed by atoms with Crippen molar-refractivity contribution in [3.05, 3.63) is 28.2 Å². The number of carbonyl (C=O) groups excluding carboxylic acids is 2. The zero-order valence-corrected chi connectivity index (χ0v) is 14.6. The molecule has 2 heterocycles. The molecule has 2 aliphatic heterocycles. The Bertz CT molecular complexity index is 635. The second-order valence-corrected chi connectivity index (χ2v) is 7.38. The highest BCUT2D eigenvalue weighted by Crippen LogP contribution is 2.34. The second kappa shape index (κ2) is 6.70. The van der Waals surface area contributed by atoms with Crippen molar-refractivity contribution in [2.24, 2.45) is 11.8 Å². The molecule has 0 spiro atoms. The summed E-state index contributed by atoms with van der Waals surface area (Å²) in [5.74, 6) is 0.293. The van der Waals surface area contributed by atoms with Gasteiger partial charge in [-0.1, -0.05) is 30.1 Å². The Morgan fingerprint density at radius 3 is 2.74 bits per heavy atom. The Kier molecular flexibility index (Phi) is 4.83. The predicted molar refractivity (Wildman–Crippen MR) is 91.9 cm³/mol. The topological polar surface area (TPSA) is 40.6 Å². The van der Waals surface area contributed by atoms with Gasteiger partial charge in [0.15, 0.2) is 0 Å². The van der Waals surface area contributed by atoms with Crippen molar-refractivity contribution in [2.45, 2.75) is 26.2 Å². The smallest absolute Gasteiger partial charge is 0.228 e. The first-order valence-corrected chi connectivity index (χ1v) is 8.75. The molecular formula is C17H20Cl2N2O2. The molecule has 124 valence electrons. The minimum absolute atomic E-state index is 0.0577. The van der Waals surface area contributed by atoms with Crippen molar-refractivity contribution < 1.29 is 9.59 Å². The van der Waals surface area contributed by atoms with Crippen LogP contribution in [-0.2, 0) is 9.59 Å². The minimum atomic E-state index is -0.278. The van der Waals surface area contributed by atoms with E-state index in [1.807, 2.05) is 4.90 Å². The fourth-order valence-corrected chi connectivity index (χ4v) is 3.96. The van der Waals surface area contributed by atoms with E-state index in [-0.39, 0.29) is 24.2 Å². The van der Waals surface area contributed by atoms with Gasteiger partial charge in [-0.15, -0.1) is 0 Å². The molecule has 0 N–H and O–H groups in total. The molecule has 2 amide bonds. The van der Waals surface area contributed by atoms with E-state index < -0.39 is 0 Å². The fraction of sp³-hybridized carbons (Fsp3) is 0.529. The Morgan fingerprint density at radius 1 is 1.26 bits per heavy atom. The monoisotopic (exact) mass is 354 g/mol. The molecule has 3 rings (SSSR count). The Labute approximate surface area is 146 Å². The number of hydrogen-bond donors (Lipinski definition) is 0. The number of benzene rings is 1. The maximum atomic E-state index is 12.7. The van der Waals surface area contributed by atoms with Gasteiger partial charge >= 0.3 is 0 Å². The van der Waals surface area contributed by atoms with E-state index in [4.69, 9.17) is 23.2 Å². The van der Waals surface area contributed by atoms with Crippen LogP contribution in [0.1, 0.15) is 26.2 Å². The molecule has 0 radical (unpaired) electrons. The summed E-state index contributed by atoms with van der Waals surface area (Å²) in [7, 11) is 0. The number of likely N-dealkylation sites (tertiary alicyclic amines) is 1. The SMILES string of the molecule is CC1CCCN(C(=O)C2CC(=O)N(c3ccc(Cl)cc3Cl)C2)C1. The number of halogens is 2. The summed E-state index contributed by atoms with van der Waals surface area (Å²) >= 11 is 12.1. The second-order valence-electron chi connectivity index (χ2n) is 6.53. The first-order valence-electron chi connectivity index (χ1n) is 8.00. The normalized spacial score (nSPS) is 25.1. The maximum Gasteiger partial charge on any atom is 0.228 e. The van der Waals surface area contributed by atoms with Gasteiger partial charge in [0.2, 0.25) is 11.8 Å². The van der Waals surface area contributed by atoms with E-state index in [0.29, 0.717) is 28.2 Å². The van der Waals surface area contributed by atoms with Crippen molar-refractivity contribution in [3.63, 3.8) is 0 Å². The van der Waals surface area contributed by atoms with Crippen molar-refractivity contribution in [1.29, 1.82) is 0 Å². The van der Waals surface area contributed by atoms with Gasteiger partial charge in [0.1, 0.15) is 0 Å². The van der Waals surface area contributed by atoms with Crippen LogP contribution in [0.2, 0.25) is 10.0 Å². The molecule has 4 nitrogen and oxygen atoms in total. The molecule has 1 aromatic carbocycles. The number of rotatable bonds is 2. The van der Waals surface area contributed by atoms with Gasteiger partial charge in [0.25, 0.3) is 0 Å². The summed E-state index contributed by atoms with van der Waals surface area (Å²) < 4.78 is 0. The van der Waals surface area contributed by atoms with Crippen molar-refractivity contribution in [2.75, 3.05) is 24.5 Å². The first kappa shape index (κ1) is 16.6. The molecule has 0 saturated carbocycles. The lowest BCUT2D eigenvalue weighted by molar-refractivity contribution is -0.137. The molecule has 0 bridgehead atoms. The van der Waals surface area contributed by atoms with E-state index in [2.05, 4.69) is 6.92 Å². The van der Waals surface area contributed by atoms with Crippen LogP contribution in [0.4, 0.5) is 5.69 Å². The largest absolute Gasteiger partial charge is 0.342 e. The van der Waals surface area contributed by atoms with E-state index >= 15 is 0 Å². The molecule has 23 heavy (non-hydrogen) atoms. The molecule has 6 heteroatoms. The zero-order valence-electron chi connectivity index (χ0n) is 13.1. The highest BCUT2D eigenvalue weighted by atomic mass is 35.5. The molecule has 2 atom stereocenters. The third-order valence-corrected chi connectivity index (χ3v) is 5.18. The van der Waals surface area contributed by atoms with Crippen LogP contribution in [0.5, 0.6) is 0 Å². The number of hydrogen-bond acceptors (Lipinski definition) is 2. The molecule has 2 fully saturated rings. The highest BCUT2D eigenvalue weighted by Gasteiger charge is 2.38. The van der Waals surface area contributed by atoms with Crippen LogP contribution >= 0.6 is 23.2 Å². The summed E-state index contributed by atoms with van der Waals surface area (Å²) in [5.41, 5.74) is 0.628. The quantitative estimate of drug-likeness (QED) is 0.813. The lowest BCUT2D eigenvalue weighted by Gasteiger charge is -2.32. The lowest BCUT2D eigenvalue weighted by atomic mass is 9.98. The van der Waals surface area contributed by atoms with Crippen molar-refractivity contribution >= 4 is 40.7 Å². The third kappa shape index (κ3) is 3.48.